The van der Waals surface area contributed by atoms with Crippen molar-refractivity contribution in [1.29, 1.82) is 0 Å². The Morgan fingerprint density at radius 3 is 1.96 bits per heavy atom. The average molecular weight is 516 g/mol. The van der Waals surface area contributed by atoms with E-state index in [-0.39, 0.29) is 0 Å². The Hall–Kier alpha value is -1.15. The molecule has 0 amide bonds. The minimum absolute atomic E-state index is 0.324. The van der Waals surface area contributed by atoms with Crippen molar-refractivity contribution in [3.63, 3.8) is 0 Å². The van der Waals surface area contributed by atoms with Crippen molar-refractivity contribution >= 4 is 58.3 Å². The van der Waals surface area contributed by atoms with Crippen LogP contribution in [0.5, 0.6) is 0 Å². The second kappa shape index (κ2) is 10.4. The van der Waals surface area contributed by atoms with Crippen molar-refractivity contribution < 1.29 is 8.42 Å². The fraction of sp³-hybridized carbons (Fsp3) is 0.300. The van der Waals surface area contributed by atoms with Crippen molar-refractivity contribution in [2.75, 3.05) is 42.7 Å². The lowest BCUT2D eigenvalue weighted by molar-refractivity contribution is 0.474. The minimum atomic E-state index is -3.65. The molecule has 0 aromatic heterocycles. The number of fused-ring (bicyclic) bond motifs is 1. The van der Waals surface area contributed by atoms with E-state index in [1.807, 2.05) is 73.6 Å². The molecular weight excluding hydrogens is 492 g/mol. The van der Waals surface area contributed by atoms with Crippen LogP contribution in [-0.2, 0) is 10.0 Å². The molecule has 0 unspecified atom stereocenters. The fourth-order valence-electron chi connectivity index (χ4n) is 2.80. The molecule has 0 aliphatic rings. The molecule has 0 aliphatic carbocycles. The molecule has 0 aliphatic heterocycles. The van der Waals surface area contributed by atoms with E-state index in [2.05, 4.69) is 31.9 Å². The van der Waals surface area contributed by atoms with Crippen LogP contribution in [0.15, 0.2) is 65.6 Å². The molecule has 7 heteroatoms. The van der Waals surface area contributed by atoms with Gasteiger partial charge in [-0.15, -0.1) is 0 Å². The van der Waals surface area contributed by atoms with Gasteiger partial charge in [-0.25, -0.2) is 8.42 Å². The lowest BCUT2D eigenvalue weighted by Gasteiger charge is -2.22. The van der Waals surface area contributed by atoms with Crippen molar-refractivity contribution in [2.24, 2.45) is 0 Å². The fourth-order valence-corrected chi connectivity index (χ4v) is 4.88. The molecule has 0 heterocycles. The molecule has 0 spiro atoms. The average Bonchev–Trinajstić information content (AvgIpc) is 2.65. The molecule has 0 N–H and O–H groups in total. The van der Waals surface area contributed by atoms with Crippen LogP contribution in [0.25, 0.3) is 10.8 Å². The van der Waals surface area contributed by atoms with Crippen LogP contribution in [0.3, 0.4) is 0 Å². The number of anilines is 1. The minimum Gasteiger partial charge on any atom is -0.377 e. The van der Waals surface area contributed by atoms with Crippen molar-refractivity contribution in [2.45, 2.75) is 4.90 Å². The second-order valence-electron chi connectivity index (χ2n) is 6.10. The van der Waals surface area contributed by atoms with E-state index < -0.39 is 10.0 Å². The van der Waals surface area contributed by atoms with Gasteiger partial charge >= 0.3 is 0 Å². The van der Waals surface area contributed by atoms with Gasteiger partial charge in [0.1, 0.15) is 0 Å². The van der Waals surface area contributed by atoms with Crippen molar-refractivity contribution in [1.82, 2.24) is 4.31 Å². The molecule has 0 bridgehead atoms. The van der Waals surface area contributed by atoms with Crippen LogP contribution in [0, 0.1) is 0 Å². The molecule has 4 nitrogen and oxygen atoms in total. The summed E-state index contributed by atoms with van der Waals surface area (Å²) in [6, 6.07) is 11.2. The smallest absolute Gasteiger partial charge is 0.244 e. The van der Waals surface area contributed by atoms with E-state index in [4.69, 9.17) is 0 Å². The topological polar surface area (TPSA) is 40.6 Å². The van der Waals surface area contributed by atoms with Crippen LogP contribution < -0.4 is 4.90 Å². The van der Waals surface area contributed by atoms with E-state index in [0.717, 1.165) is 16.5 Å². The van der Waals surface area contributed by atoms with Crippen LogP contribution in [0.4, 0.5) is 5.69 Å². The Morgan fingerprint density at radius 2 is 1.41 bits per heavy atom. The standard InChI is InChI=1S/C20H24Br2N2O2S/c1-23(2)19-11-7-10-18-17(19)9-8-12-20(18)27(25,26)24(15-5-3-13-21)16-6-4-14-22/h3-12H,13-16H2,1-2H3/b5-3+,6-4+. The summed E-state index contributed by atoms with van der Waals surface area (Å²) in [5, 5.41) is 3.05. The highest BCUT2D eigenvalue weighted by molar-refractivity contribution is 9.09. The maximum Gasteiger partial charge on any atom is 0.244 e. The number of allylic oxidation sites excluding steroid dienone is 2. The number of sulfonamides is 1. The summed E-state index contributed by atoms with van der Waals surface area (Å²) in [7, 11) is 0.264. The van der Waals surface area contributed by atoms with E-state index in [9.17, 15) is 8.42 Å². The molecule has 2 aromatic carbocycles. The van der Waals surface area contributed by atoms with Crippen LogP contribution >= 0.6 is 31.9 Å². The molecule has 0 saturated heterocycles. The molecule has 146 valence electrons. The van der Waals surface area contributed by atoms with Gasteiger partial charge < -0.3 is 4.90 Å². The third kappa shape index (κ3) is 5.44. The zero-order chi connectivity index (χ0) is 19.9. The highest BCUT2D eigenvalue weighted by Gasteiger charge is 2.25. The number of alkyl halides is 2. The summed E-state index contributed by atoms with van der Waals surface area (Å²) in [5.41, 5.74) is 0.995. The summed E-state index contributed by atoms with van der Waals surface area (Å²) in [6.45, 7) is 0.647. The predicted octanol–water partition coefficient (Wildman–Crippen LogP) is 4.80. The molecule has 0 saturated carbocycles. The zero-order valence-corrected chi connectivity index (χ0v) is 19.5. The number of rotatable bonds is 9. The van der Waals surface area contributed by atoms with Crippen LogP contribution in [0.1, 0.15) is 0 Å². The Morgan fingerprint density at radius 1 is 0.852 bits per heavy atom. The number of hydrogen-bond acceptors (Lipinski definition) is 3. The van der Waals surface area contributed by atoms with Gasteiger partial charge in [-0.1, -0.05) is 80.4 Å². The Balaban J connectivity index is 2.55. The summed E-state index contributed by atoms with van der Waals surface area (Å²) >= 11 is 6.67. The first kappa shape index (κ1) is 22.1. The Labute approximate surface area is 178 Å². The third-order valence-corrected chi connectivity index (χ3v) is 6.73. The number of halogens is 2. The van der Waals surface area contributed by atoms with Gasteiger partial charge in [0, 0.05) is 54.3 Å². The van der Waals surface area contributed by atoms with Crippen LogP contribution in [0.2, 0.25) is 0 Å². The Kier molecular flexibility index (Phi) is 8.54. The summed E-state index contributed by atoms with van der Waals surface area (Å²) in [5.74, 6) is 0. The van der Waals surface area contributed by atoms with Gasteiger partial charge in [-0.2, -0.15) is 4.31 Å². The van der Waals surface area contributed by atoms with E-state index in [1.165, 1.54) is 4.31 Å². The molecule has 2 aromatic rings. The van der Waals surface area contributed by atoms with Crippen molar-refractivity contribution in [3.8, 4) is 0 Å². The first-order chi connectivity index (χ1) is 12.9. The van der Waals surface area contributed by atoms with Crippen LogP contribution in [-0.4, -0.2) is 50.6 Å². The van der Waals surface area contributed by atoms with Gasteiger partial charge in [-0.3, -0.25) is 0 Å². The Bertz CT molecular complexity index is 909. The third-order valence-electron chi connectivity index (χ3n) is 4.09. The zero-order valence-electron chi connectivity index (χ0n) is 15.5. The molecular formula is C20H24Br2N2O2S. The van der Waals surface area contributed by atoms with E-state index >= 15 is 0 Å². The van der Waals surface area contributed by atoms with E-state index in [0.29, 0.717) is 28.6 Å². The summed E-state index contributed by atoms with van der Waals surface area (Å²) in [6.07, 6.45) is 7.54. The maximum atomic E-state index is 13.4. The van der Waals surface area contributed by atoms with E-state index in [1.54, 1.807) is 6.07 Å². The van der Waals surface area contributed by atoms with Gasteiger partial charge in [0.2, 0.25) is 10.0 Å². The van der Waals surface area contributed by atoms with Gasteiger partial charge in [0.05, 0.1) is 4.90 Å². The lowest BCUT2D eigenvalue weighted by atomic mass is 10.1. The second-order valence-corrected chi connectivity index (χ2v) is 9.30. The highest BCUT2D eigenvalue weighted by Crippen LogP contribution is 2.31. The first-order valence-electron chi connectivity index (χ1n) is 8.54. The molecule has 27 heavy (non-hydrogen) atoms. The van der Waals surface area contributed by atoms with Gasteiger partial charge in [0.25, 0.3) is 0 Å². The first-order valence-corrected chi connectivity index (χ1v) is 12.2. The highest BCUT2D eigenvalue weighted by atomic mass is 79.9. The quantitative estimate of drug-likeness (QED) is 0.356. The molecule has 0 atom stereocenters. The van der Waals surface area contributed by atoms with Gasteiger partial charge in [-0.05, 0) is 12.1 Å². The molecule has 0 radical (unpaired) electrons. The summed E-state index contributed by atoms with van der Waals surface area (Å²) < 4.78 is 28.4. The number of benzene rings is 2. The van der Waals surface area contributed by atoms with Crippen molar-refractivity contribution in [3.05, 3.63) is 60.7 Å². The molecule has 2 rings (SSSR count). The molecule has 0 fully saturated rings. The van der Waals surface area contributed by atoms with Gasteiger partial charge in [0.15, 0.2) is 0 Å². The predicted molar refractivity (Wildman–Crippen MR) is 123 cm³/mol. The maximum absolute atomic E-state index is 13.4. The SMILES string of the molecule is CN(C)c1cccc2c(S(=O)(=O)N(C/C=C/CBr)C/C=C/CBr)cccc12. The normalized spacial score (nSPS) is 12.6. The monoisotopic (exact) mass is 514 g/mol. The largest absolute Gasteiger partial charge is 0.377 e. The summed E-state index contributed by atoms with van der Waals surface area (Å²) in [4.78, 5) is 2.33. The lowest BCUT2D eigenvalue weighted by Crippen LogP contribution is -2.31. The number of hydrogen-bond donors (Lipinski definition) is 0. The number of nitrogens with zero attached hydrogens (tertiary/aromatic N) is 2.